The zero-order valence-electron chi connectivity index (χ0n) is 19.9. The Morgan fingerprint density at radius 3 is 2.37 bits per heavy atom. The molecule has 3 rings (SSSR count). The number of aryl methyl sites for hydroxylation is 1. The molecule has 0 aliphatic rings. The Labute approximate surface area is 202 Å². The van der Waals surface area contributed by atoms with Crippen molar-refractivity contribution < 1.29 is 23.1 Å². The van der Waals surface area contributed by atoms with Crippen LogP contribution in [0.4, 0.5) is 19.3 Å². The van der Waals surface area contributed by atoms with Gasteiger partial charge in [-0.25, -0.2) is 13.6 Å². The van der Waals surface area contributed by atoms with Crippen LogP contribution in [0.3, 0.4) is 0 Å². The van der Waals surface area contributed by atoms with Crippen LogP contribution in [-0.2, 0) is 16.0 Å². The fraction of sp³-hybridized carbons (Fsp3) is 0.308. The van der Waals surface area contributed by atoms with Crippen LogP contribution in [0.5, 0.6) is 0 Å². The SMILES string of the molecule is C=CCN(C(=O)[C@H](CCc1cc(F)cc(F)c1)NC(=O)OC(C)(C)C)c1ccc2nccnc2c1. The van der Waals surface area contributed by atoms with Crippen molar-refractivity contribution in [2.75, 3.05) is 11.4 Å². The first-order valence-corrected chi connectivity index (χ1v) is 11.1. The van der Waals surface area contributed by atoms with Crippen molar-refractivity contribution in [1.29, 1.82) is 0 Å². The second kappa shape index (κ2) is 11.0. The van der Waals surface area contributed by atoms with E-state index in [9.17, 15) is 18.4 Å². The summed E-state index contributed by atoms with van der Waals surface area (Å²) in [4.78, 5) is 36.1. The van der Waals surface area contributed by atoms with E-state index >= 15 is 0 Å². The van der Waals surface area contributed by atoms with Crippen molar-refractivity contribution in [2.24, 2.45) is 0 Å². The van der Waals surface area contributed by atoms with Gasteiger partial charge in [0.25, 0.3) is 0 Å². The lowest BCUT2D eigenvalue weighted by Crippen LogP contribution is -2.50. The summed E-state index contributed by atoms with van der Waals surface area (Å²) in [6.07, 6.45) is 4.14. The van der Waals surface area contributed by atoms with Gasteiger partial charge in [-0.3, -0.25) is 14.8 Å². The minimum Gasteiger partial charge on any atom is -0.444 e. The maximum atomic E-state index is 13.7. The first-order valence-electron chi connectivity index (χ1n) is 11.1. The van der Waals surface area contributed by atoms with E-state index in [4.69, 9.17) is 4.74 Å². The number of carbonyl (C=O) groups excluding carboxylic acids is 2. The summed E-state index contributed by atoms with van der Waals surface area (Å²) in [6, 6.07) is 7.32. The minimum absolute atomic E-state index is 0.0853. The number of rotatable bonds is 8. The normalized spacial score (nSPS) is 12.1. The van der Waals surface area contributed by atoms with Gasteiger partial charge in [-0.2, -0.15) is 0 Å². The molecule has 7 nitrogen and oxygen atoms in total. The molecule has 184 valence electrons. The number of amides is 2. The van der Waals surface area contributed by atoms with Gasteiger partial charge in [0.2, 0.25) is 5.91 Å². The van der Waals surface area contributed by atoms with E-state index in [0.29, 0.717) is 22.3 Å². The topological polar surface area (TPSA) is 84.4 Å². The summed E-state index contributed by atoms with van der Waals surface area (Å²) >= 11 is 0. The number of benzene rings is 2. The highest BCUT2D eigenvalue weighted by Crippen LogP contribution is 2.22. The molecule has 0 radical (unpaired) electrons. The Hall–Kier alpha value is -3.88. The van der Waals surface area contributed by atoms with E-state index in [2.05, 4.69) is 21.9 Å². The third-order valence-electron chi connectivity index (χ3n) is 4.98. The molecule has 9 heteroatoms. The number of fused-ring (bicyclic) bond motifs is 1. The van der Waals surface area contributed by atoms with Crippen LogP contribution < -0.4 is 10.2 Å². The molecule has 2 aromatic carbocycles. The summed E-state index contributed by atoms with van der Waals surface area (Å²) in [5.41, 5.74) is 1.39. The molecule has 1 aromatic heterocycles. The Bertz CT molecular complexity index is 1210. The summed E-state index contributed by atoms with van der Waals surface area (Å²) in [5.74, 6) is -1.86. The van der Waals surface area contributed by atoms with Crippen molar-refractivity contribution in [2.45, 2.75) is 45.3 Å². The summed E-state index contributed by atoms with van der Waals surface area (Å²) in [6.45, 7) is 9.02. The lowest BCUT2D eigenvalue weighted by Gasteiger charge is -2.28. The number of aromatic nitrogens is 2. The maximum absolute atomic E-state index is 13.7. The van der Waals surface area contributed by atoms with Gasteiger partial charge in [-0.05, 0) is 69.5 Å². The highest BCUT2D eigenvalue weighted by Gasteiger charge is 2.29. The van der Waals surface area contributed by atoms with Crippen LogP contribution in [0.25, 0.3) is 11.0 Å². The first-order chi connectivity index (χ1) is 16.6. The minimum atomic E-state index is -1.03. The summed E-state index contributed by atoms with van der Waals surface area (Å²) < 4.78 is 32.6. The van der Waals surface area contributed by atoms with Crippen molar-refractivity contribution in [3.63, 3.8) is 0 Å². The van der Waals surface area contributed by atoms with Crippen LogP contribution in [0.1, 0.15) is 32.8 Å². The van der Waals surface area contributed by atoms with Gasteiger partial charge in [0.15, 0.2) is 0 Å². The molecule has 0 saturated carbocycles. The molecule has 1 N–H and O–H groups in total. The fourth-order valence-electron chi connectivity index (χ4n) is 3.53. The fourth-order valence-corrected chi connectivity index (χ4v) is 3.53. The molecule has 0 saturated heterocycles. The zero-order chi connectivity index (χ0) is 25.6. The Balaban J connectivity index is 1.90. The smallest absolute Gasteiger partial charge is 0.408 e. The monoisotopic (exact) mass is 482 g/mol. The summed E-state index contributed by atoms with van der Waals surface area (Å²) in [5, 5.41) is 2.62. The number of nitrogens with zero attached hydrogens (tertiary/aromatic N) is 3. The number of carbonyl (C=O) groups is 2. The van der Waals surface area contributed by atoms with Crippen molar-refractivity contribution in [3.8, 4) is 0 Å². The number of anilines is 1. The van der Waals surface area contributed by atoms with E-state index in [-0.39, 0.29) is 19.4 Å². The van der Waals surface area contributed by atoms with Gasteiger partial charge < -0.3 is 15.0 Å². The largest absolute Gasteiger partial charge is 0.444 e. The van der Waals surface area contributed by atoms with Gasteiger partial charge in [0.05, 0.1) is 11.0 Å². The molecule has 35 heavy (non-hydrogen) atoms. The number of ether oxygens (including phenoxy) is 1. The average Bonchev–Trinajstić information content (AvgIpc) is 2.77. The second-order valence-electron chi connectivity index (χ2n) is 8.98. The maximum Gasteiger partial charge on any atom is 0.408 e. The van der Waals surface area contributed by atoms with Gasteiger partial charge in [0, 0.05) is 30.7 Å². The predicted molar refractivity (Wildman–Crippen MR) is 130 cm³/mol. The number of hydrogen-bond acceptors (Lipinski definition) is 5. The predicted octanol–water partition coefficient (Wildman–Crippen LogP) is 4.95. The molecule has 0 bridgehead atoms. The van der Waals surface area contributed by atoms with Crippen molar-refractivity contribution in [3.05, 3.63) is 78.6 Å². The lowest BCUT2D eigenvalue weighted by molar-refractivity contribution is -0.120. The third-order valence-corrected chi connectivity index (χ3v) is 4.98. The van der Waals surface area contributed by atoms with E-state index in [1.807, 2.05) is 0 Å². The van der Waals surface area contributed by atoms with Gasteiger partial charge in [-0.1, -0.05) is 6.08 Å². The Morgan fingerprint density at radius 1 is 1.09 bits per heavy atom. The molecule has 0 fully saturated rings. The molecule has 0 unspecified atom stereocenters. The molecular weight excluding hydrogens is 454 g/mol. The van der Waals surface area contributed by atoms with E-state index < -0.39 is 35.3 Å². The van der Waals surface area contributed by atoms with Crippen LogP contribution in [0.2, 0.25) is 0 Å². The number of nitrogens with one attached hydrogen (secondary N) is 1. The zero-order valence-corrected chi connectivity index (χ0v) is 19.9. The number of halogens is 2. The molecule has 1 heterocycles. The number of alkyl carbamates (subject to hydrolysis) is 1. The van der Waals surface area contributed by atoms with Crippen LogP contribution in [-0.4, -0.2) is 40.2 Å². The third kappa shape index (κ3) is 7.30. The van der Waals surface area contributed by atoms with Crippen LogP contribution in [0.15, 0.2) is 61.4 Å². The molecule has 0 aliphatic carbocycles. The quantitative estimate of drug-likeness (QED) is 0.459. The molecular formula is C26H28F2N4O3. The van der Waals surface area contributed by atoms with Gasteiger partial charge in [0.1, 0.15) is 23.3 Å². The van der Waals surface area contributed by atoms with Crippen molar-refractivity contribution in [1.82, 2.24) is 15.3 Å². The van der Waals surface area contributed by atoms with Gasteiger partial charge >= 0.3 is 6.09 Å². The molecule has 1 atom stereocenters. The highest BCUT2D eigenvalue weighted by atomic mass is 19.1. The summed E-state index contributed by atoms with van der Waals surface area (Å²) in [7, 11) is 0. The van der Waals surface area contributed by atoms with Crippen LogP contribution >= 0.6 is 0 Å². The average molecular weight is 483 g/mol. The molecule has 3 aromatic rings. The Kier molecular flexibility index (Phi) is 8.11. The van der Waals surface area contributed by atoms with E-state index in [1.165, 1.54) is 17.0 Å². The molecule has 0 spiro atoms. The van der Waals surface area contributed by atoms with E-state index in [0.717, 1.165) is 6.07 Å². The second-order valence-corrected chi connectivity index (χ2v) is 8.98. The lowest BCUT2D eigenvalue weighted by atomic mass is 10.0. The highest BCUT2D eigenvalue weighted by molar-refractivity contribution is 6.00. The molecule has 2 amide bonds. The van der Waals surface area contributed by atoms with Crippen LogP contribution in [0, 0.1) is 11.6 Å². The standard InChI is InChI=1S/C26H28F2N4O3/c1-5-12-32(20-7-9-21-23(16-20)30-11-10-29-21)24(33)22(31-25(34)35-26(2,3)4)8-6-17-13-18(27)15-19(28)14-17/h5,7,9-11,13-16,22H,1,6,8,12H2,2-4H3,(H,31,34)/t22-/m0/s1. The first kappa shape index (κ1) is 25.7. The van der Waals surface area contributed by atoms with E-state index in [1.54, 1.807) is 57.4 Å². The molecule has 0 aliphatic heterocycles. The van der Waals surface area contributed by atoms with Gasteiger partial charge in [-0.15, -0.1) is 6.58 Å². The van der Waals surface area contributed by atoms with Crippen molar-refractivity contribution >= 4 is 28.7 Å². The number of hydrogen-bond donors (Lipinski definition) is 1. The Morgan fingerprint density at radius 2 is 1.74 bits per heavy atom.